The molecule has 0 radical (unpaired) electrons. The Balaban J connectivity index is -0.000000245. The van der Waals surface area contributed by atoms with Crippen molar-refractivity contribution in [1.82, 2.24) is 4.98 Å². The van der Waals surface area contributed by atoms with Crippen molar-refractivity contribution in [2.45, 2.75) is 13.8 Å². The van der Waals surface area contributed by atoms with Gasteiger partial charge in [-0.15, -0.1) is 0 Å². The average molecular weight is 355 g/mol. The van der Waals surface area contributed by atoms with Gasteiger partial charge in [-0.1, -0.05) is 6.07 Å². The first-order valence-electron chi connectivity index (χ1n) is 4.53. The largest absolute Gasteiger partial charge is 3.00 e. The van der Waals surface area contributed by atoms with Crippen LogP contribution in [-0.2, 0) is 16.8 Å². The third-order valence-corrected chi connectivity index (χ3v) is 2.16. The molecule has 1 aromatic rings. The van der Waals surface area contributed by atoms with E-state index in [4.69, 9.17) is 0 Å². The van der Waals surface area contributed by atoms with Gasteiger partial charge in [0, 0.05) is 14.1 Å². The summed E-state index contributed by atoms with van der Waals surface area (Å²) in [4.78, 5) is 12.7. The Morgan fingerprint density at radius 1 is 0.889 bits per heavy atom. The van der Waals surface area contributed by atoms with Crippen LogP contribution in [0, 0.1) is 0 Å². The molecule has 0 atom stereocenters. The van der Waals surface area contributed by atoms with Gasteiger partial charge < -0.3 is 37.2 Å². The summed E-state index contributed by atoms with van der Waals surface area (Å²) >= 11 is 0. The molecule has 0 spiro atoms. The van der Waals surface area contributed by atoms with E-state index in [1.165, 1.54) is 0 Å². The number of aromatic nitrogens is 1. The minimum atomic E-state index is 0. The predicted molar refractivity (Wildman–Crippen MR) is 60.5 cm³/mol. The first-order valence-corrected chi connectivity index (χ1v) is 4.53. The van der Waals surface area contributed by atoms with Crippen LogP contribution in [0.5, 0.6) is 0 Å². The summed E-state index contributed by atoms with van der Waals surface area (Å²) < 4.78 is 0. The molecular formula is C11H15Cl3CoN3. The van der Waals surface area contributed by atoms with E-state index in [1.807, 2.05) is 32.0 Å². The second-order valence-electron chi connectivity index (χ2n) is 3.03. The summed E-state index contributed by atoms with van der Waals surface area (Å²) in [6, 6.07) is 5.88. The Hall–Kier alpha value is -0.134. The van der Waals surface area contributed by atoms with Crippen LogP contribution in [0.25, 0.3) is 0 Å². The monoisotopic (exact) mass is 353 g/mol. The third-order valence-electron chi connectivity index (χ3n) is 2.16. The van der Waals surface area contributed by atoms with Crippen LogP contribution in [0.3, 0.4) is 0 Å². The second-order valence-corrected chi connectivity index (χ2v) is 3.03. The van der Waals surface area contributed by atoms with Crippen molar-refractivity contribution in [3.63, 3.8) is 0 Å². The molecule has 0 amide bonds. The average Bonchev–Trinajstić information content (AvgIpc) is 2.27. The molecule has 0 saturated carbocycles. The molecule has 1 rings (SSSR count). The Morgan fingerprint density at radius 3 is 1.50 bits per heavy atom. The zero-order chi connectivity index (χ0) is 10.6. The molecule has 7 heteroatoms. The zero-order valence-corrected chi connectivity index (χ0v) is 13.8. The van der Waals surface area contributed by atoms with Crippen LogP contribution in [0.4, 0.5) is 0 Å². The van der Waals surface area contributed by atoms with E-state index in [-0.39, 0.29) is 54.0 Å². The van der Waals surface area contributed by atoms with Gasteiger partial charge >= 0.3 is 16.8 Å². The Bertz CT molecular complexity index is 362. The molecule has 0 aliphatic heterocycles. The van der Waals surface area contributed by atoms with Crippen LogP contribution in [0.2, 0.25) is 0 Å². The standard InChI is InChI=1S/C11H15N3.3ClH.Co/c1-8(12-3)10-6-5-7-11(14-10)9(2)13-4;;;;/h5-7H,1-4H3;3*1H;/q;;;;+3/p-3. The van der Waals surface area contributed by atoms with Gasteiger partial charge in [-0.3, -0.25) is 9.98 Å². The molecule has 0 N–H and O–H groups in total. The van der Waals surface area contributed by atoms with Gasteiger partial charge in [0.05, 0.1) is 22.8 Å². The fourth-order valence-electron chi connectivity index (χ4n) is 1.07. The normalized spacial score (nSPS) is 10.2. The maximum absolute atomic E-state index is 4.45. The second kappa shape index (κ2) is 13.3. The molecule has 0 fully saturated rings. The quantitative estimate of drug-likeness (QED) is 0.487. The fraction of sp³-hybridized carbons (Fsp3) is 0.364. The maximum atomic E-state index is 4.45. The summed E-state index contributed by atoms with van der Waals surface area (Å²) in [7, 11) is 3.54. The summed E-state index contributed by atoms with van der Waals surface area (Å²) in [5.41, 5.74) is 3.70. The van der Waals surface area contributed by atoms with E-state index in [2.05, 4.69) is 15.0 Å². The summed E-state index contributed by atoms with van der Waals surface area (Å²) in [6.07, 6.45) is 0. The van der Waals surface area contributed by atoms with Crippen molar-refractivity contribution in [2.24, 2.45) is 9.98 Å². The number of aliphatic imine (C=N–C) groups is 2. The van der Waals surface area contributed by atoms with Gasteiger partial charge in [0.15, 0.2) is 0 Å². The molecule has 104 valence electrons. The zero-order valence-electron chi connectivity index (χ0n) is 10.5. The Kier molecular flexibility index (Phi) is 19.5. The van der Waals surface area contributed by atoms with Crippen molar-refractivity contribution in [3.05, 3.63) is 29.6 Å². The number of hydrogen-bond donors (Lipinski definition) is 0. The van der Waals surface area contributed by atoms with Crippen LogP contribution < -0.4 is 37.2 Å². The van der Waals surface area contributed by atoms with E-state index in [0.29, 0.717) is 0 Å². The van der Waals surface area contributed by atoms with Crippen LogP contribution >= 0.6 is 0 Å². The number of nitrogens with zero attached hydrogens (tertiary/aromatic N) is 3. The molecule has 1 aromatic heterocycles. The van der Waals surface area contributed by atoms with E-state index in [0.717, 1.165) is 22.8 Å². The minimum absolute atomic E-state index is 0. The van der Waals surface area contributed by atoms with Crippen molar-refractivity contribution in [3.8, 4) is 0 Å². The van der Waals surface area contributed by atoms with Crippen molar-refractivity contribution in [1.29, 1.82) is 0 Å². The predicted octanol–water partition coefficient (Wildman–Crippen LogP) is -7.03. The van der Waals surface area contributed by atoms with Crippen LogP contribution in [0.1, 0.15) is 25.2 Å². The van der Waals surface area contributed by atoms with Crippen LogP contribution in [-0.4, -0.2) is 30.5 Å². The van der Waals surface area contributed by atoms with Gasteiger partial charge in [-0.25, -0.2) is 4.98 Å². The van der Waals surface area contributed by atoms with Gasteiger partial charge in [-0.2, -0.15) is 0 Å². The molecule has 0 unspecified atom stereocenters. The van der Waals surface area contributed by atoms with Crippen LogP contribution in [0.15, 0.2) is 28.2 Å². The number of rotatable bonds is 2. The van der Waals surface area contributed by atoms with E-state index in [9.17, 15) is 0 Å². The summed E-state index contributed by atoms with van der Waals surface area (Å²) in [5, 5.41) is 0. The first kappa shape index (κ1) is 26.4. The molecule has 0 bridgehead atoms. The Morgan fingerprint density at radius 2 is 1.22 bits per heavy atom. The smallest absolute Gasteiger partial charge is 1.00 e. The fourth-order valence-corrected chi connectivity index (χ4v) is 1.07. The topological polar surface area (TPSA) is 37.6 Å². The molecule has 0 aliphatic rings. The number of hydrogen-bond acceptors (Lipinski definition) is 3. The minimum Gasteiger partial charge on any atom is -1.00 e. The van der Waals surface area contributed by atoms with E-state index in [1.54, 1.807) is 14.1 Å². The third kappa shape index (κ3) is 7.33. The van der Waals surface area contributed by atoms with Crippen molar-refractivity contribution in [2.75, 3.05) is 14.1 Å². The molecular weight excluding hydrogens is 339 g/mol. The molecule has 0 aliphatic carbocycles. The van der Waals surface area contributed by atoms with Gasteiger partial charge in [0.2, 0.25) is 0 Å². The van der Waals surface area contributed by atoms with Crippen molar-refractivity contribution >= 4 is 11.4 Å². The van der Waals surface area contributed by atoms with Gasteiger partial charge in [0.25, 0.3) is 0 Å². The first-order chi connectivity index (χ1) is 6.69. The molecule has 1 heterocycles. The summed E-state index contributed by atoms with van der Waals surface area (Å²) in [5.74, 6) is 0. The SMILES string of the molecule is CN=C(C)c1cccc(C(C)=NC)n1.[Cl-].[Cl-].[Cl-].[Co+3]. The van der Waals surface area contributed by atoms with Gasteiger partial charge in [-0.05, 0) is 26.0 Å². The Labute approximate surface area is 137 Å². The maximum Gasteiger partial charge on any atom is 3.00 e. The van der Waals surface area contributed by atoms with Crippen molar-refractivity contribution < 1.29 is 54.0 Å². The number of halogens is 3. The summed E-state index contributed by atoms with van der Waals surface area (Å²) in [6.45, 7) is 3.90. The molecule has 0 aromatic carbocycles. The molecule has 0 saturated heterocycles. The van der Waals surface area contributed by atoms with Gasteiger partial charge in [0.1, 0.15) is 0 Å². The molecule has 3 nitrogen and oxygen atoms in total. The molecule has 18 heavy (non-hydrogen) atoms. The van der Waals surface area contributed by atoms with E-state index < -0.39 is 0 Å². The number of pyridine rings is 1. The van der Waals surface area contributed by atoms with E-state index >= 15 is 0 Å².